The van der Waals surface area contributed by atoms with Gasteiger partial charge in [-0.3, -0.25) is 9.52 Å². The maximum Gasteiger partial charge on any atom is 0.301 e. The molecule has 2 heterocycles. The Hall–Kier alpha value is -2.76. The molecule has 2 aliphatic rings. The topological polar surface area (TPSA) is 96.3 Å². The molecule has 1 aromatic heterocycles. The minimum Gasteiger partial charge on any atom is -0.349 e. The van der Waals surface area contributed by atoms with Gasteiger partial charge >= 0.3 is 10.2 Å². The van der Waals surface area contributed by atoms with Crippen LogP contribution in [-0.2, 0) is 17.3 Å². The Bertz CT molecular complexity index is 1450. The van der Waals surface area contributed by atoms with Gasteiger partial charge in [0.05, 0.1) is 33.9 Å². The lowest BCUT2D eigenvalue weighted by atomic mass is 9.65. The zero-order valence-corrected chi connectivity index (χ0v) is 19.1. The molecule has 0 atom stereocenters. The van der Waals surface area contributed by atoms with E-state index in [9.17, 15) is 17.6 Å². The van der Waals surface area contributed by atoms with Crippen molar-refractivity contribution in [1.29, 1.82) is 0 Å². The predicted octanol–water partition coefficient (Wildman–Crippen LogP) is 3.75. The van der Waals surface area contributed by atoms with Crippen LogP contribution in [-0.4, -0.2) is 35.4 Å². The van der Waals surface area contributed by atoms with Crippen molar-refractivity contribution in [2.75, 3.05) is 23.1 Å². The van der Waals surface area contributed by atoms with E-state index < -0.39 is 27.4 Å². The molecule has 1 spiro atoms. The normalized spacial score (nSPS) is 17.6. The Morgan fingerprint density at radius 3 is 2.48 bits per heavy atom. The number of halogens is 3. The van der Waals surface area contributed by atoms with Gasteiger partial charge < -0.3 is 9.88 Å². The first-order valence-corrected chi connectivity index (χ1v) is 12.1. The molecule has 0 bridgehead atoms. The Kier molecular flexibility index (Phi) is 5.11. The van der Waals surface area contributed by atoms with E-state index in [1.54, 1.807) is 0 Å². The summed E-state index contributed by atoms with van der Waals surface area (Å²) in [6.07, 6.45) is 4.41. The van der Waals surface area contributed by atoms with Crippen molar-refractivity contribution in [3.8, 4) is 0 Å². The van der Waals surface area contributed by atoms with E-state index in [-0.39, 0.29) is 38.4 Å². The van der Waals surface area contributed by atoms with Gasteiger partial charge in [0.1, 0.15) is 11.2 Å². The Labute approximate surface area is 193 Å². The van der Waals surface area contributed by atoms with Crippen LogP contribution >= 0.6 is 11.6 Å². The van der Waals surface area contributed by atoms with Crippen LogP contribution in [0.5, 0.6) is 0 Å². The highest BCUT2D eigenvalue weighted by Gasteiger charge is 2.51. The zero-order valence-electron chi connectivity index (χ0n) is 17.5. The highest BCUT2D eigenvalue weighted by atomic mass is 35.5. The second-order valence-corrected chi connectivity index (χ2v) is 10.7. The number of hydrogen-bond donors (Lipinski definition) is 2. The predicted molar refractivity (Wildman–Crippen MR) is 122 cm³/mol. The van der Waals surface area contributed by atoms with Gasteiger partial charge in [-0.1, -0.05) is 18.0 Å². The van der Waals surface area contributed by atoms with Crippen molar-refractivity contribution in [2.45, 2.75) is 19.3 Å². The number of anilines is 3. The number of fused-ring (bicyclic) bond motifs is 1. The van der Waals surface area contributed by atoms with E-state index in [1.807, 2.05) is 0 Å². The molecule has 1 saturated carbocycles. The number of aromatic nitrogens is 2. The van der Waals surface area contributed by atoms with Gasteiger partial charge in [-0.05, 0) is 42.5 Å². The van der Waals surface area contributed by atoms with Crippen LogP contribution in [0.4, 0.5) is 25.8 Å². The van der Waals surface area contributed by atoms with Crippen molar-refractivity contribution < 1.29 is 17.2 Å². The number of rotatable bonds is 5. The van der Waals surface area contributed by atoms with E-state index in [1.165, 1.54) is 35.9 Å². The SMILES string of the molecule is Cn1cnc2ccc(Nc3c(F)ccc(NS(=O)(=O)N4CC5(CCC5)C4)c3Cl)c(F)c2c1=O. The largest absolute Gasteiger partial charge is 0.349 e. The maximum atomic E-state index is 15.1. The van der Waals surface area contributed by atoms with E-state index in [4.69, 9.17) is 11.6 Å². The summed E-state index contributed by atoms with van der Waals surface area (Å²) >= 11 is 6.31. The van der Waals surface area contributed by atoms with Crippen molar-refractivity contribution in [1.82, 2.24) is 13.9 Å². The van der Waals surface area contributed by atoms with Crippen molar-refractivity contribution in [3.05, 3.63) is 57.6 Å². The summed E-state index contributed by atoms with van der Waals surface area (Å²) in [5, 5.41) is 2.03. The molecule has 33 heavy (non-hydrogen) atoms. The van der Waals surface area contributed by atoms with Crippen LogP contribution in [0, 0.1) is 17.0 Å². The molecule has 8 nitrogen and oxygen atoms in total. The highest BCUT2D eigenvalue weighted by molar-refractivity contribution is 7.90. The van der Waals surface area contributed by atoms with Crippen LogP contribution in [0.25, 0.3) is 10.9 Å². The summed E-state index contributed by atoms with van der Waals surface area (Å²) in [6, 6.07) is 4.94. The molecule has 1 aliphatic heterocycles. The smallest absolute Gasteiger partial charge is 0.301 e. The fourth-order valence-electron chi connectivity index (χ4n) is 4.30. The number of benzene rings is 2. The Morgan fingerprint density at radius 1 is 1.12 bits per heavy atom. The lowest BCUT2D eigenvalue weighted by molar-refractivity contribution is -0.00752. The summed E-state index contributed by atoms with van der Waals surface area (Å²) in [5.74, 6) is -1.74. The van der Waals surface area contributed by atoms with Crippen molar-refractivity contribution in [2.24, 2.45) is 12.5 Å². The second-order valence-electron chi connectivity index (χ2n) is 8.62. The van der Waals surface area contributed by atoms with Crippen molar-refractivity contribution in [3.63, 3.8) is 0 Å². The lowest BCUT2D eigenvalue weighted by Gasteiger charge is -2.54. The monoisotopic (exact) mass is 495 g/mol. The molecular formula is C21H20ClF2N5O3S. The maximum absolute atomic E-state index is 15.1. The molecule has 0 unspecified atom stereocenters. The van der Waals surface area contributed by atoms with E-state index in [0.29, 0.717) is 13.1 Å². The van der Waals surface area contributed by atoms with Crippen LogP contribution in [0.3, 0.4) is 0 Å². The lowest BCUT2D eigenvalue weighted by Crippen LogP contribution is -2.62. The van der Waals surface area contributed by atoms with Crippen LogP contribution in [0.2, 0.25) is 5.02 Å². The molecule has 3 aromatic rings. The first kappa shape index (κ1) is 22.1. The Morgan fingerprint density at radius 2 is 1.82 bits per heavy atom. The van der Waals surface area contributed by atoms with Crippen LogP contribution in [0.15, 0.2) is 35.4 Å². The third kappa shape index (κ3) is 3.64. The van der Waals surface area contributed by atoms with E-state index in [2.05, 4.69) is 15.0 Å². The third-order valence-electron chi connectivity index (χ3n) is 6.39. The number of aryl methyl sites for hydroxylation is 1. The molecule has 0 radical (unpaired) electrons. The molecule has 12 heteroatoms. The van der Waals surface area contributed by atoms with Crippen LogP contribution in [0.1, 0.15) is 19.3 Å². The molecule has 2 aromatic carbocycles. The summed E-state index contributed by atoms with van der Waals surface area (Å²) in [4.78, 5) is 16.3. The zero-order chi connectivity index (χ0) is 23.5. The van der Waals surface area contributed by atoms with Crippen molar-refractivity contribution >= 4 is 49.8 Å². The van der Waals surface area contributed by atoms with Gasteiger partial charge in [-0.15, -0.1) is 0 Å². The van der Waals surface area contributed by atoms with Gasteiger partial charge in [-0.2, -0.15) is 12.7 Å². The molecule has 2 fully saturated rings. The number of hydrogen-bond acceptors (Lipinski definition) is 5. The number of nitrogens with one attached hydrogen (secondary N) is 2. The van der Waals surface area contributed by atoms with E-state index in [0.717, 1.165) is 29.9 Å². The first-order valence-electron chi connectivity index (χ1n) is 10.3. The molecule has 1 saturated heterocycles. The highest BCUT2D eigenvalue weighted by Crippen LogP contribution is 2.49. The van der Waals surface area contributed by atoms with Gasteiger partial charge in [0.15, 0.2) is 5.82 Å². The summed E-state index contributed by atoms with van der Waals surface area (Å²) in [7, 11) is -2.44. The Balaban J connectivity index is 1.45. The van der Waals surface area contributed by atoms with Gasteiger partial charge in [0.2, 0.25) is 0 Å². The second kappa shape index (κ2) is 7.64. The molecule has 2 N–H and O–H groups in total. The minimum absolute atomic E-state index is 0.0473. The van der Waals surface area contributed by atoms with Gasteiger partial charge in [-0.25, -0.2) is 13.8 Å². The molecular weight excluding hydrogens is 476 g/mol. The van der Waals surface area contributed by atoms with Gasteiger partial charge in [0.25, 0.3) is 5.56 Å². The standard InChI is InChI=1S/C21H20ClF2N5O3S/c1-28-11-25-13-5-6-15(18(24)16(13)20(28)30)26-19-12(23)3-4-14(17(19)22)27-33(31,32)29-9-21(10-29)7-2-8-21/h3-6,11,26-27H,2,7-10H2,1H3. The molecule has 174 valence electrons. The van der Waals surface area contributed by atoms with E-state index >= 15 is 4.39 Å². The average Bonchev–Trinajstić information content (AvgIpc) is 2.69. The summed E-state index contributed by atoms with van der Waals surface area (Å²) in [5.41, 5.74) is -0.943. The minimum atomic E-state index is -3.87. The van der Waals surface area contributed by atoms with Gasteiger partial charge in [0, 0.05) is 20.1 Å². The molecule has 5 rings (SSSR count). The number of nitrogens with zero attached hydrogens (tertiary/aromatic N) is 3. The quantitative estimate of drug-likeness (QED) is 0.562. The fraction of sp³-hybridized carbons (Fsp3) is 0.333. The fourth-order valence-corrected chi connectivity index (χ4v) is 6.07. The van der Waals surface area contributed by atoms with Crippen LogP contribution < -0.4 is 15.6 Å². The molecule has 1 aliphatic carbocycles. The third-order valence-corrected chi connectivity index (χ3v) is 8.20. The summed E-state index contributed by atoms with van der Waals surface area (Å²) in [6.45, 7) is 0.884. The average molecular weight is 496 g/mol. The summed E-state index contributed by atoms with van der Waals surface area (Å²) < 4.78 is 60.0. The first-order chi connectivity index (χ1) is 15.6. The molecule has 0 amide bonds.